The molecule has 2 nitrogen and oxygen atoms in total. The van der Waals surface area contributed by atoms with Crippen molar-refractivity contribution in [2.24, 2.45) is 0 Å². The monoisotopic (exact) mass is 188 g/mol. The lowest BCUT2D eigenvalue weighted by atomic mass is 9.94. The van der Waals surface area contributed by atoms with Gasteiger partial charge in [0, 0.05) is 0 Å². The predicted octanol–water partition coefficient (Wildman–Crippen LogP) is 2.06. The summed E-state index contributed by atoms with van der Waals surface area (Å²) in [4.78, 5) is 11.6. The molecule has 72 valence electrons. The van der Waals surface area contributed by atoms with Crippen molar-refractivity contribution in [2.45, 2.75) is 12.3 Å². The number of ether oxygens (including phenoxy) is 1. The first-order chi connectivity index (χ1) is 6.79. The standard InChI is InChI=1S/C12H12O2/c1-2-14-11(13)12(8-9-12)10-6-4-3-5-7-10/h3-9H,2H2,1H3. The van der Waals surface area contributed by atoms with Gasteiger partial charge >= 0.3 is 5.97 Å². The first kappa shape index (κ1) is 9.00. The summed E-state index contributed by atoms with van der Waals surface area (Å²) in [6.45, 7) is 2.24. The molecule has 0 spiro atoms. The molecular weight excluding hydrogens is 176 g/mol. The van der Waals surface area contributed by atoms with Crippen LogP contribution in [0.5, 0.6) is 0 Å². The molecule has 0 fully saturated rings. The fraction of sp³-hybridized carbons (Fsp3) is 0.250. The summed E-state index contributed by atoms with van der Waals surface area (Å²) in [5.41, 5.74) is 0.426. The maximum Gasteiger partial charge on any atom is 0.324 e. The zero-order chi connectivity index (χ0) is 10.0. The summed E-state index contributed by atoms with van der Waals surface area (Å²) < 4.78 is 5.02. The second kappa shape index (κ2) is 3.29. The van der Waals surface area contributed by atoms with Crippen molar-refractivity contribution in [3.8, 4) is 0 Å². The largest absolute Gasteiger partial charge is 0.465 e. The highest BCUT2D eigenvalue weighted by Crippen LogP contribution is 2.39. The van der Waals surface area contributed by atoms with E-state index in [0.29, 0.717) is 6.61 Å². The minimum Gasteiger partial charge on any atom is -0.465 e. The molecule has 2 heteroatoms. The van der Waals surface area contributed by atoms with Gasteiger partial charge in [-0.1, -0.05) is 42.5 Å². The van der Waals surface area contributed by atoms with E-state index in [4.69, 9.17) is 4.74 Å². The van der Waals surface area contributed by atoms with Gasteiger partial charge in [-0.25, -0.2) is 0 Å². The van der Waals surface area contributed by atoms with Crippen LogP contribution in [0.25, 0.3) is 0 Å². The summed E-state index contributed by atoms with van der Waals surface area (Å²) >= 11 is 0. The van der Waals surface area contributed by atoms with Gasteiger partial charge in [-0.15, -0.1) is 0 Å². The summed E-state index contributed by atoms with van der Waals surface area (Å²) in [6.07, 6.45) is 3.75. The summed E-state index contributed by atoms with van der Waals surface area (Å²) in [5, 5.41) is 0. The molecule has 0 radical (unpaired) electrons. The van der Waals surface area contributed by atoms with E-state index in [1.54, 1.807) is 0 Å². The third-order valence-electron chi connectivity index (χ3n) is 2.36. The lowest BCUT2D eigenvalue weighted by molar-refractivity contribution is -0.145. The number of rotatable bonds is 3. The van der Waals surface area contributed by atoms with Crippen LogP contribution in [0.2, 0.25) is 0 Å². The smallest absolute Gasteiger partial charge is 0.324 e. The van der Waals surface area contributed by atoms with Gasteiger partial charge in [0.05, 0.1) is 6.61 Å². The van der Waals surface area contributed by atoms with E-state index < -0.39 is 5.41 Å². The Labute approximate surface area is 83.2 Å². The third kappa shape index (κ3) is 1.33. The first-order valence-corrected chi connectivity index (χ1v) is 4.73. The lowest BCUT2D eigenvalue weighted by Gasteiger charge is -2.14. The average molecular weight is 188 g/mol. The van der Waals surface area contributed by atoms with E-state index in [1.165, 1.54) is 0 Å². The molecule has 0 bridgehead atoms. The Bertz CT molecular complexity index is 359. The van der Waals surface area contributed by atoms with E-state index in [-0.39, 0.29) is 5.97 Å². The van der Waals surface area contributed by atoms with Crippen LogP contribution < -0.4 is 0 Å². The molecule has 0 atom stereocenters. The van der Waals surface area contributed by atoms with Crippen LogP contribution in [0.3, 0.4) is 0 Å². The van der Waals surface area contributed by atoms with E-state index in [2.05, 4.69) is 0 Å². The van der Waals surface area contributed by atoms with Crippen LogP contribution in [0, 0.1) is 0 Å². The van der Waals surface area contributed by atoms with Gasteiger partial charge in [-0.2, -0.15) is 0 Å². The molecule has 0 heterocycles. The molecule has 14 heavy (non-hydrogen) atoms. The molecule has 0 aromatic heterocycles. The highest BCUT2D eigenvalue weighted by molar-refractivity contribution is 5.93. The van der Waals surface area contributed by atoms with E-state index in [9.17, 15) is 4.79 Å². The van der Waals surface area contributed by atoms with Crippen molar-refractivity contribution >= 4 is 5.97 Å². The molecule has 0 saturated carbocycles. The molecule has 1 aliphatic carbocycles. The van der Waals surface area contributed by atoms with Gasteiger partial charge in [0.15, 0.2) is 0 Å². The van der Waals surface area contributed by atoms with Gasteiger partial charge in [-0.3, -0.25) is 4.79 Å². The Kier molecular flexibility index (Phi) is 2.12. The molecule has 1 aromatic rings. The Morgan fingerprint density at radius 1 is 1.29 bits per heavy atom. The molecule has 1 aromatic carbocycles. The second-order valence-electron chi connectivity index (χ2n) is 3.29. The van der Waals surface area contributed by atoms with Crippen LogP contribution in [-0.4, -0.2) is 12.6 Å². The summed E-state index contributed by atoms with van der Waals surface area (Å²) in [6, 6.07) is 9.67. The Hall–Kier alpha value is -1.57. The van der Waals surface area contributed by atoms with Gasteiger partial charge < -0.3 is 4.74 Å². The Morgan fingerprint density at radius 3 is 2.43 bits per heavy atom. The van der Waals surface area contributed by atoms with Crippen LogP contribution in [-0.2, 0) is 14.9 Å². The van der Waals surface area contributed by atoms with Gasteiger partial charge in [0.2, 0.25) is 0 Å². The summed E-state index contributed by atoms with van der Waals surface area (Å²) in [5.74, 6) is -0.175. The number of benzene rings is 1. The fourth-order valence-corrected chi connectivity index (χ4v) is 1.49. The van der Waals surface area contributed by atoms with Crippen LogP contribution in [0.1, 0.15) is 12.5 Å². The van der Waals surface area contributed by atoms with Crippen molar-refractivity contribution in [2.75, 3.05) is 6.61 Å². The summed E-state index contributed by atoms with van der Waals surface area (Å²) in [7, 11) is 0. The molecule has 0 aliphatic heterocycles. The topological polar surface area (TPSA) is 26.3 Å². The van der Waals surface area contributed by atoms with Crippen LogP contribution in [0.4, 0.5) is 0 Å². The van der Waals surface area contributed by atoms with Crippen LogP contribution >= 0.6 is 0 Å². The Morgan fingerprint density at radius 2 is 1.93 bits per heavy atom. The van der Waals surface area contributed by atoms with Crippen molar-refractivity contribution in [1.29, 1.82) is 0 Å². The molecule has 0 saturated heterocycles. The van der Waals surface area contributed by atoms with Crippen LogP contribution in [0.15, 0.2) is 42.5 Å². The van der Waals surface area contributed by atoms with Gasteiger partial charge in [-0.05, 0) is 12.5 Å². The SMILES string of the molecule is CCOC(=O)C1(c2ccccc2)C=C1. The maximum atomic E-state index is 11.6. The normalized spacial score (nSPS) is 16.4. The number of hydrogen-bond acceptors (Lipinski definition) is 2. The number of hydrogen-bond donors (Lipinski definition) is 0. The highest BCUT2D eigenvalue weighted by Gasteiger charge is 2.45. The molecule has 2 rings (SSSR count). The van der Waals surface area contributed by atoms with Gasteiger partial charge in [0.25, 0.3) is 0 Å². The zero-order valence-corrected chi connectivity index (χ0v) is 8.07. The minimum absolute atomic E-state index is 0.175. The zero-order valence-electron chi connectivity index (χ0n) is 8.07. The van der Waals surface area contributed by atoms with Crippen molar-refractivity contribution in [3.63, 3.8) is 0 Å². The van der Waals surface area contributed by atoms with E-state index >= 15 is 0 Å². The van der Waals surface area contributed by atoms with Crippen molar-refractivity contribution < 1.29 is 9.53 Å². The molecular formula is C12H12O2. The lowest BCUT2D eigenvalue weighted by Crippen LogP contribution is -2.24. The average Bonchev–Trinajstić information content (AvgIpc) is 3.00. The number of carbonyl (C=O) groups is 1. The molecule has 0 unspecified atom stereocenters. The minimum atomic E-state index is -0.558. The van der Waals surface area contributed by atoms with Crippen molar-refractivity contribution in [1.82, 2.24) is 0 Å². The number of carbonyl (C=O) groups excluding carboxylic acids is 1. The van der Waals surface area contributed by atoms with E-state index in [0.717, 1.165) is 5.56 Å². The molecule has 0 amide bonds. The molecule has 0 N–H and O–H groups in total. The quantitative estimate of drug-likeness (QED) is 0.536. The maximum absolute atomic E-state index is 11.6. The van der Waals surface area contributed by atoms with Gasteiger partial charge in [0.1, 0.15) is 5.41 Å². The molecule has 1 aliphatic rings. The predicted molar refractivity (Wildman–Crippen MR) is 53.9 cm³/mol. The highest BCUT2D eigenvalue weighted by atomic mass is 16.5. The fourth-order valence-electron chi connectivity index (χ4n) is 1.49. The third-order valence-corrected chi connectivity index (χ3v) is 2.36. The van der Waals surface area contributed by atoms with E-state index in [1.807, 2.05) is 49.4 Å². The number of esters is 1. The Balaban J connectivity index is 2.22. The second-order valence-corrected chi connectivity index (χ2v) is 3.29. The van der Waals surface area contributed by atoms with Crippen molar-refractivity contribution in [3.05, 3.63) is 48.0 Å². The first-order valence-electron chi connectivity index (χ1n) is 4.73.